The molecule has 3 aromatic carbocycles. The maximum atomic E-state index is 14.0. The molecule has 2 aliphatic rings. The lowest BCUT2D eigenvalue weighted by molar-refractivity contribution is -0.123. The van der Waals surface area contributed by atoms with Crippen LogP contribution >= 0.6 is 0 Å². The Morgan fingerprint density at radius 3 is 2.33 bits per heavy atom. The highest BCUT2D eigenvalue weighted by atomic mass is 32.2. The Balaban J connectivity index is 1.73. The largest absolute Gasteiger partial charge is 0.304 e. The fraction of sp³-hybridized carbons (Fsp3) is 0.200. The van der Waals surface area contributed by atoms with Crippen LogP contribution in [0.15, 0.2) is 66.7 Å². The van der Waals surface area contributed by atoms with Crippen LogP contribution in [-0.4, -0.2) is 26.0 Å². The van der Waals surface area contributed by atoms with Gasteiger partial charge in [0, 0.05) is 11.3 Å². The lowest BCUT2D eigenvalue weighted by Gasteiger charge is -2.33. The molecule has 6 nitrogen and oxygen atoms in total. The van der Waals surface area contributed by atoms with Crippen molar-refractivity contribution in [2.45, 2.75) is 25.3 Å². The van der Waals surface area contributed by atoms with Crippen LogP contribution in [0.3, 0.4) is 0 Å². The number of rotatable bonds is 3. The number of carbonyl (C=O) groups is 2. The standard InChI is InChI=1S/C25H21FN2O4S/c1-16-7-12-20(13-17(16)2)28-23(29)15-33(31,32)25(28)21-5-3-4-6-22(21)27(24(25)30)14-18-8-10-19(26)11-9-18/h3-13H,14-15H2,1-2H3/t25-/m1/s1. The van der Waals surface area contributed by atoms with Crippen molar-refractivity contribution >= 4 is 33.0 Å². The average Bonchev–Trinajstić information content (AvgIpc) is 3.14. The number of halogens is 1. The minimum atomic E-state index is -4.23. The van der Waals surface area contributed by atoms with Crippen molar-refractivity contribution < 1.29 is 22.4 Å². The van der Waals surface area contributed by atoms with Crippen LogP contribution in [0.1, 0.15) is 22.3 Å². The zero-order valence-electron chi connectivity index (χ0n) is 18.1. The highest BCUT2D eigenvalue weighted by molar-refractivity contribution is 7.94. The number of hydrogen-bond acceptors (Lipinski definition) is 4. The molecular formula is C25H21FN2O4S. The van der Waals surface area contributed by atoms with E-state index in [1.54, 1.807) is 54.6 Å². The SMILES string of the molecule is Cc1ccc(N2C(=O)CS(=O)(=O)[C@]23C(=O)N(Cc2ccc(F)cc2)c2ccccc23)cc1C. The van der Waals surface area contributed by atoms with Crippen LogP contribution in [-0.2, 0) is 30.8 Å². The number of para-hydroxylation sites is 1. The maximum absolute atomic E-state index is 14.0. The number of aryl methyl sites for hydroxylation is 2. The van der Waals surface area contributed by atoms with E-state index in [-0.39, 0.29) is 12.1 Å². The number of amides is 2. The lowest BCUT2D eigenvalue weighted by atomic mass is 10.0. The van der Waals surface area contributed by atoms with Crippen molar-refractivity contribution in [3.05, 3.63) is 94.8 Å². The molecule has 0 bridgehead atoms. The number of fused-ring (bicyclic) bond motifs is 2. The Morgan fingerprint density at radius 1 is 0.939 bits per heavy atom. The second kappa shape index (κ2) is 7.25. The van der Waals surface area contributed by atoms with Gasteiger partial charge in [-0.2, -0.15) is 0 Å². The molecule has 1 atom stereocenters. The summed E-state index contributed by atoms with van der Waals surface area (Å²) in [4.78, 5) is 27.5. The van der Waals surface area contributed by atoms with Crippen molar-refractivity contribution in [2.75, 3.05) is 15.6 Å². The number of anilines is 2. The summed E-state index contributed by atoms with van der Waals surface area (Å²) in [6, 6.07) is 17.5. The number of carbonyl (C=O) groups excluding carboxylic acids is 2. The Kier molecular flexibility index (Phi) is 4.68. The molecule has 0 saturated carbocycles. The highest BCUT2D eigenvalue weighted by Gasteiger charge is 2.69. The molecule has 1 fully saturated rings. The molecule has 2 amide bonds. The summed E-state index contributed by atoms with van der Waals surface area (Å²) in [6.45, 7) is 3.83. The van der Waals surface area contributed by atoms with Gasteiger partial charge in [-0.15, -0.1) is 0 Å². The Labute approximate surface area is 191 Å². The molecule has 8 heteroatoms. The van der Waals surface area contributed by atoms with E-state index in [1.165, 1.54) is 17.0 Å². The summed E-state index contributed by atoms with van der Waals surface area (Å²) in [5.74, 6) is -2.53. The molecule has 3 aromatic rings. The summed E-state index contributed by atoms with van der Waals surface area (Å²) < 4.78 is 40.6. The third-order valence-electron chi connectivity index (χ3n) is 6.43. The Hall–Kier alpha value is -3.52. The van der Waals surface area contributed by atoms with Gasteiger partial charge in [0.25, 0.3) is 10.8 Å². The van der Waals surface area contributed by atoms with E-state index in [0.29, 0.717) is 16.9 Å². The molecule has 0 aliphatic carbocycles. The van der Waals surface area contributed by atoms with E-state index in [4.69, 9.17) is 0 Å². The first kappa shape index (κ1) is 21.3. The third kappa shape index (κ3) is 2.94. The molecule has 0 aromatic heterocycles. The first-order valence-electron chi connectivity index (χ1n) is 10.5. The van der Waals surface area contributed by atoms with Gasteiger partial charge >= 0.3 is 0 Å². The zero-order valence-corrected chi connectivity index (χ0v) is 18.9. The summed E-state index contributed by atoms with van der Waals surface area (Å²) in [7, 11) is -4.23. The summed E-state index contributed by atoms with van der Waals surface area (Å²) in [5.41, 5.74) is 3.52. The monoisotopic (exact) mass is 464 g/mol. The van der Waals surface area contributed by atoms with Gasteiger partial charge in [-0.1, -0.05) is 36.4 Å². The van der Waals surface area contributed by atoms with E-state index in [0.717, 1.165) is 16.0 Å². The summed E-state index contributed by atoms with van der Waals surface area (Å²) in [5, 5.41) is 0. The van der Waals surface area contributed by atoms with Crippen molar-refractivity contribution in [1.29, 1.82) is 0 Å². The molecule has 0 unspecified atom stereocenters. The fourth-order valence-corrected chi connectivity index (χ4v) is 6.72. The Bertz CT molecular complexity index is 1420. The van der Waals surface area contributed by atoms with Gasteiger partial charge in [-0.05, 0) is 60.9 Å². The molecule has 33 heavy (non-hydrogen) atoms. The van der Waals surface area contributed by atoms with Gasteiger partial charge in [0.1, 0.15) is 11.6 Å². The minimum Gasteiger partial charge on any atom is -0.304 e. The number of hydrogen-bond donors (Lipinski definition) is 0. The first-order valence-corrected chi connectivity index (χ1v) is 12.1. The fourth-order valence-electron chi connectivity index (χ4n) is 4.69. The highest BCUT2D eigenvalue weighted by Crippen LogP contribution is 2.52. The van der Waals surface area contributed by atoms with Gasteiger partial charge in [-0.25, -0.2) is 12.8 Å². The van der Waals surface area contributed by atoms with E-state index in [2.05, 4.69) is 0 Å². The summed E-state index contributed by atoms with van der Waals surface area (Å²) >= 11 is 0. The van der Waals surface area contributed by atoms with Gasteiger partial charge < -0.3 is 4.90 Å². The predicted molar refractivity (Wildman–Crippen MR) is 123 cm³/mol. The van der Waals surface area contributed by atoms with Crippen molar-refractivity contribution in [3.63, 3.8) is 0 Å². The van der Waals surface area contributed by atoms with Crippen LogP contribution in [0.25, 0.3) is 0 Å². The topological polar surface area (TPSA) is 74.8 Å². The molecule has 1 saturated heterocycles. The van der Waals surface area contributed by atoms with Crippen LogP contribution in [0.5, 0.6) is 0 Å². The van der Waals surface area contributed by atoms with E-state index in [1.807, 2.05) is 13.8 Å². The van der Waals surface area contributed by atoms with Crippen LogP contribution in [0, 0.1) is 19.7 Å². The van der Waals surface area contributed by atoms with Crippen LogP contribution in [0.4, 0.5) is 15.8 Å². The Morgan fingerprint density at radius 2 is 1.64 bits per heavy atom. The number of sulfone groups is 1. The molecule has 1 spiro atoms. The molecule has 168 valence electrons. The van der Waals surface area contributed by atoms with Crippen molar-refractivity contribution in [1.82, 2.24) is 0 Å². The molecule has 2 aliphatic heterocycles. The zero-order chi connectivity index (χ0) is 23.5. The van der Waals surface area contributed by atoms with E-state index in [9.17, 15) is 22.4 Å². The first-order chi connectivity index (χ1) is 15.7. The average molecular weight is 465 g/mol. The van der Waals surface area contributed by atoms with Crippen molar-refractivity contribution in [2.24, 2.45) is 0 Å². The molecular weight excluding hydrogens is 443 g/mol. The second-order valence-corrected chi connectivity index (χ2v) is 10.5. The van der Waals surface area contributed by atoms with E-state index < -0.39 is 38.1 Å². The van der Waals surface area contributed by atoms with Gasteiger partial charge in [0.05, 0.1) is 12.2 Å². The quantitative estimate of drug-likeness (QED) is 0.594. The van der Waals surface area contributed by atoms with Gasteiger partial charge in [-0.3, -0.25) is 14.5 Å². The lowest BCUT2D eigenvalue weighted by Crippen LogP contribution is -2.54. The predicted octanol–water partition coefficient (Wildman–Crippen LogP) is 3.60. The van der Waals surface area contributed by atoms with Gasteiger partial charge in [0.15, 0.2) is 9.84 Å². The molecule has 2 heterocycles. The normalized spacial score (nSPS) is 21.2. The van der Waals surface area contributed by atoms with Crippen LogP contribution < -0.4 is 9.80 Å². The van der Waals surface area contributed by atoms with Gasteiger partial charge in [0.2, 0.25) is 5.91 Å². The smallest absolute Gasteiger partial charge is 0.274 e. The number of nitrogens with zero attached hydrogens (tertiary/aromatic N) is 2. The molecule has 0 radical (unpaired) electrons. The van der Waals surface area contributed by atoms with E-state index >= 15 is 0 Å². The molecule has 5 rings (SSSR count). The van der Waals surface area contributed by atoms with Crippen molar-refractivity contribution in [3.8, 4) is 0 Å². The minimum absolute atomic E-state index is 0.0440. The van der Waals surface area contributed by atoms with Crippen LogP contribution in [0.2, 0.25) is 0 Å². The molecule has 0 N–H and O–H groups in total. The number of benzene rings is 3. The maximum Gasteiger partial charge on any atom is 0.274 e. The summed E-state index contributed by atoms with van der Waals surface area (Å²) in [6.07, 6.45) is 0. The third-order valence-corrected chi connectivity index (χ3v) is 8.53. The second-order valence-electron chi connectivity index (χ2n) is 8.44.